The summed E-state index contributed by atoms with van der Waals surface area (Å²) in [6, 6.07) is 15.5. The lowest BCUT2D eigenvalue weighted by Crippen LogP contribution is -2.11. The molecule has 0 aliphatic rings. The van der Waals surface area contributed by atoms with Gasteiger partial charge in [-0.05, 0) is 29.7 Å². The van der Waals surface area contributed by atoms with Crippen molar-refractivity contribution in [3.8, 4) is 28.6 Å². The summed E-state index contributed by atoms with van der Waals surface area (Å²) < 4.78 is 11.3. The Balaban J connectivity index is 2.02. The second-order valence-corrected chi connectivity index (χ2v) is 4.98. The van der Waals surface area contributed by atoms with E-state index in [2.05, 4.69) is 0 Å². The molecule has 0 saturated heterocycles. The molecule has 1 heterocycles. The highest BCUT2D eigenvalue weighted by atomic mass is 16.6. The second kappa shape index (κ2) is 5.44. The monoisotopic (exact) mass is 297 g/mol. The van der Waals surface area contributed by atoms with Gasteiger partial charge in [0.1, 0.15) is 5.75 Å². The largest absolute Gasteiger partial charge is 0.477 e. The van der Waals surface area contributed by atoms with E-state index in [1.165, 1.54) is 7.05 Å². The van der Waals surface area contributed by atoms with Crippen molar-refractivity contribution >= 4 is 0 Å². The summed E-state index contributed by atoms with van der Waals surface area (Å²) in [6.07, 6.45) is 0. The van der Waals surface area contributed by atoms with Crippen molar-refractivity contribution in [3.05, 3.63) is 64.4 Å². The predicted molar refractivity (Wildman–Crippen MR) is 82.3 cm³/mol. The zero-order valence-electron chi connectivity index (χ0n) is 12.2. The van der Waals surface area contributed by atoms with E-state index in [4.69, 9.17) is 9.26 Å². The molecule has 0 spiro atoms. The molecule has 0 aliphatic heterocycles. The average Bonchev–Trinajstić information content (AvgIpc) is 2.76. The van der Waals surface area contributed by atoms with Gasteiger partial charge in [0.15, 0.2) is 0 Å². The van der Waals surface area contributed by atoms with Crippen LogP contribution >= 0.6 is 0 Å². The average molecular weight is 297 g/mol. The molecule has 0 radical (unpaired) electrons. The Kier molecular flexibility index (Phi) is 3.47. The van der Waals surface area contributed by atoms with Crippen LogP contribution in [0.4, 0.5) is 0 Å². The van der Waals surface area contributed by atoms with Crippen LogP contribution in [0, 0.1) is 6.92 Å². The maximum Gasteiger partial charge on any atom is 0.354 e. The van der Waals surface area contributed by atoms with Gasteiger partial charge in [-0.1, -0.05) is 42.5 Å². The number of aryl methyl sites for hydroxylation is 2. The van der Waals surface area contributed by atoms with Crippen LogP contribution in [0.15, 0.2) is 57.8 Å². The molecule has 22 heavy (non-hydrogen) atoms. The Morgan fingerprint density at radius 2 is 1.82 bits per heavy atom. The molecular formula is C17H15NO4. The van der Waals surface area contributed by atoms with Crippen molar-refractivity contribution in [2.45, 2.75) is 6.92 Å². The fraction of sp³-hybridized carbons (Fsp3) is 0.118. The SMILES string of the molecule is Cc1ccc(-c2ccccc2)cc1Oc1c(O)on(C)c1=O. The molecule has 3 aromatic rings. The first kappa shape index (κ1) is 14.0. The molecule has 112 valence electrons. The van der Waals surface area contributed by atoms with Gasteiger partial charge in [-0.25, -0.2) is 0 Å². The van der Waals surface area contributed by atoms with Crippen molar-refractivity contribution in [3.63, 3.8) is 0 Å². The smallest absolute Gasteiger partial charge is 0.354 e. The number of rotatable bonds is 3. The molecule has 0 bridgehead atoms. The number of aromatic nitrogens is 1. The molecular weight excluding hydrogens is 282 g/mol. The highest BCUT2D eigenvalue weighted by molar-refractivity contribution is 5.66. The van der Waals surface area contributed by atoms with Crippen molar-refractivity contribution in [1.82, 2.24) is 4.74 Å². The molecule has 2 aromatic carbocycles. The predicted octanol–water partition coefficient (Wildman–Crippen LogP) is 3.45. The molecule has 0 atom stereocenters. The highest BCUT2D eigenvalue weighted by Crippen LogP contribution is 2.32. The van der Waals surface area contributed by atoms with Crippen LogP contribution in [0.1, 0.15) is 5.56 Å². The van der Waals surface area contributed by atoms with Gasteiger partial charge in [0.25, 0.3) is 5.75 Å². The highest BCUT2D eigenvalue weighted by Gasteiger charge is 2.18. The van der Waals surface area contributed by atoms with Gasteiger partial charge in [-0.15, -0.1) is 0 Å². The number of hydrogen-bond donors (Lipinski definition) is 1. The van der Waals surface area contributed by atoms with Gasteiger partial charge >= 0.3 is 11.5 Å². The summed E-state index contributed by atoms with van der Waals surface area (Å²) in [6.45, 7) is 1.87. The van der Waals surface area contributed by atoms with E-state index in [9.17, 15) is 9.90 Å². The maximum atomic E-state index is 11.8. The van der Waals surface area contributed by atoms with Gasteiger partial charge in [0, 0.05) is 7.05 Å². The van der Waals surface area contributed by atoms with Gasteiger partial charge in [0.05, 0.1) is 0 Å². The molecule has 0 aliphatic carbocycles. The third-order valence-corrected chi connectivity index (χ3v) is 3.41. The Morgan fingerprint density at radius 1 is 1.09 bits per heavy atom. The summed E-state index contributed by atoms with van der Waals surface area (Å²) >= 11 is 0. The molecule has 1 aromatic heterocycles. The lowest BCUT2D eigenvalue weighted by molar-refractivity contribution is 0.212. The third kappa shape index (κ3) is 2.48. The summed E-state index contributed by atoms with van der Waals surface area (Å²) in [4.78, 5) is 11.8. The number of ether oxygens (including phenoxy) is 1. The van der Waals surface area contributed by atoms with E-state index in [0.717, 1.165) is 21.4 Å². The zero-order chi connectivity index (χ0) is 15.7. The number of nitrogens with zero attached hydrogens (tertiary/aromatic N) is 1. The van der Waals surface area contributed by atoms with Crippen LogP contribution in [0.3, 0.4) is 0 Å². The van der Waals surface area contributed by atoms with Gasteiger partial charge < -0.3 is 14.4 Å². The minimum Gasteiger partial charge on any atom is -0.477 e. The molecule has 1 N–H and O–H groups in total. The number of benzene rings is 2. The standard InChI is InChI=1S/C17H15NO4/c1-11-8-9-13(12-6-4-3-5-7-12)10-14(11)21-15-16(19)18(2)22-17(15)20/h3-10,20H,1-2H3. The van der Waals surface area contributed by atoms with Crippen LogP contribution in [-0.2, 0) is 7.05 Å². The van der Waals surface area contributed by atoms with Crippen LogP contribution in [-0.4, -0.2) is 9.85 Å². The first-order valence-corrected chi connectivity index (χ1v) is 6.79. The topological polar surface area (TPSA) is 64.6 Å². The molecule has 0 amide bonds. The fourth-order valence-electron chi connectivity index (χ4n) is 2.16. The van der Waals surface area contributed by atoms with Crippen LogP contribution < -0.4 is 10.3 Å². The quantitative estimate of drug-likeness (QED) is 0.804. The molecule has 3 rings (SSSR count). The summed E-state index contributed by atoms with van der Waals surface area (Å²) in [5.74, 6) is -0.247. The van der Waals surface area contributed by atoms with E-state index < -0.39 is 11.5 Å². The summed E-state index contributed by atoms with van der Waals surface area (Å²) in [5.41, 5.74) is 2.32. The van der Waals surface area contributed by atoms with Gasteiger partial charge in [-0.3, -0.25) is 4.79 Å². The molecule has 0 fully saturated rings. The lowest BCUT2D eigenvalue weighted by atomic mass is 10.0. The van der Waals surface area contributed by atoms with E-state index in [1.54, 1.807) is 0 Å². The minimum absolute atomic E-state index is 0.212. The second-order valence-electron chi connectivity index (χ2n) is 4.98. The number of aromatic hydroxyl groups is 1. The van der Waals surface area contributed by atoms with Crippen molar-refractivity contribution in [2.24, 2.45) is 7.05 Å². The van der Waals surface area contributed by atoms with E-state index in [-0.39, 0.29) is 5.75 Å². The lowest BCUT2D eigenvalue weighted by Gasteiger charge is -2.09. The van der Waals surface area contributed by atoms with Crippen molar-refractivity contribution < 1.29 is 14.4 Å². The van der Waals surface area contributed by atoms with E-state index >= 15 is 0 Å². The Hall–Kier alpha value is -2.95. The zero-order valence-corrected chi connectivity index (χ0v) is 12.2. The summed E-state index contributed by atoms with van der Waals surface area (Å²) in [5, 5.41) is 9.64. The van der Waals surface area contributed by atoms with Gasteiger partial charge in [0.2, 0.25) is 0 Å². The molecule has 0 saturated carbocycles. The minimum atomic E-state index is -0.531. The third-order valence-electron chi connectivity index (χ3n) is 3.41. The first-order valence-electron chi connectivity index (χ1n) is 6.79. The number of hydrogen-bond acceptors (Lipinski definition) is 4. The molecule has 0 unspecified atom stereocenters. The van der Waals surface area contributed by atoms with Crippen LogP contribution in [0.2, 0.25) is 0 Å². The normalized spacial score (nSPS) is 10.6. The summed E-state index contributed by atoms with van der Waals surface area (Å²) in [7, 11) is 1.40. The first-order chi connectivity index (χ1) is 10.6. The Morgan fingerprint density at radius 3 is 2.45 bits per heavy atom. The van der Waals surface area contributed by atoms with E-state index in [1.807, 2.05) is 55.5 Å². The van der Waals surface area contributed by atoms with Gasteiger partial charge in [-0.2, -0.15) is 4.74 Å². The fourth-order valence-corrected chi connectivity index (χ4v) is 2.16. The van der Waals surface area contributed by atoms with E-state index in [0.29, 0.717) is 5.75 Å². The van der Waals surface area contributed by atoms with Crippen molar-refractivity contribution in [1.29, 1.82) is 0 Å². The van der Waals surface area contributed by atoms with Crippen LogP contribution in [0.5, 0.6) is 17.4 Å². The molecule has 5 nitrogen and oxygen atoms in total. The van der Waals surface area contributed by atoms with Crippen LogP contribution in [0.25, 0.3) is 11.1 Å². The Labute approximate surface area is 127 Å². The Bertz CT molecular complexity index is 862. The maximum absolute atomic E-state index is 11.8. The van der Waals surface area contributed by atoms with Crippen molar-refractivity contribution in [2.75, 3.05) is 0 Å². The molecule has 5 heteroatoms.